The van der Waals surface area contributed by atoms with Crippen LogP contribution in [0.15, 0.2) is 24.3 Å². The molecular weight excluding hydrogens is 248 g/mol. The molecule has 3 heteroatoms. The number of fused-ring (bicyclic) bond motifs is 1. The Labute approximate surface area is 122 Å². The van der Waals surface area contributed by atoms with Gasteiger partial charge in [-0.2, -0.15) is 0 Å². The van der Waals surface area contributed by atoms with Crippen molar-refractivity contribution >= 4 is 5.69 Å². The molecule has 0 amide bonds. The first-order valence-electron chi connectivity index (χ1n) is 7.89. The van der Waals surface area contributed by atoms with Gasteiger partial charge in [0.25, 0.3) is 0 Å². The molecule has 1 fully saturated rings. The van der Waals surface area contributed by atoms with E-state index in [0.29, 0.717) is 12.1 Å². The SMILES string of the molecule is CC1Cc2ccccc2N(C(C)CC2COCCN2)C1. The highest BCUT2D eigenvalue weighted by molar-refractivity contribution is 5.56. The Balaban J connectivity index is 1.72. The number of hydrogen-bond acceptors (Lipinski definition) is 3. The maximum Gasteiger partial charge on any atom is 0.0621 e. The van der Waals surface area contributed by atoms with Gasteiger partial charge in [-0.15, -0.1) is 0 Å². The molecule has 3 nitrogen and oxygen atoms in total. The number of anilines is 1. The Kier molecular flexibility index (Phi) is 4.27. The smallest absolute Gasteiger partial charge is 0.0621 e. The highest BCUT2D eigenvalue weighted by atomic mass is 16.5. The molecule has 0 spiro atoms. The minimum Gasteiger partial charge on any atom is -0.379 e. The molecule has 0 aliphatic carbocycles. The van der Waals surface area contributed by atoms with E-state index in [0.717, 1.165) is 32.1 Å². The average molecular weight is 274 g/mol. The molecule has 20 heavy (non-hydrogen) atoms. The highest BCUT2D eigenvalue weighted by Crippen LogP contribution is 2.31. The summed E-state index contributed by atoms with van der Waals surface area (Å²) in [5.74, 6) is 0.739. The van der Waals surface area contributed by atoms with Crippen LogP contribution in [-0.2, 0) is 11.2 Å². The van der Waals surface area contributed by atoms with Crippen LogP contribution in [0.3, 0.4) is 0 Å². The second kappa shape index (κ2) is 6.15. The Morgan fingerprint density at radius 3 is 3.05 bits per heavy atom. The third kappa shape index (κ3) is 2.99. The Bertz CT molecular complexity index is 442. The minimum atomic E-state index is 0.503. The summed E-state index contributed by atoms with van der Waals surface area (Å²) in [6.07, 6.45) is 2.37. The van der Waals surface area contributed by atoms with Crippen molar-refractivity contribution in [3.63, 3.8) is 0 Å². The van der Waals surface area contributed by atoms with Crippen LogP contribution in [0.2, 0.25) is 0 Å². The lowest BCUT2D eigenvalue weighted by atomic mass is 9.92. The van der Waals surface area contributed by atoms with Gasteiger partial charge in [-0.3, -0.25) is 0 Å². The minimum absolute atomic E-state index is 0.503. The molecule has 3 unspecified atom stereocenters. The normalized spacial score (nSPS) is 28.0. The number of nitrogens with zero attached hydrogens (tertiary/aromatic N) is 1. The lowest BCUT2D eigenvalue weighted by Crippen LogP contribution is -2.48. The van der Waals surface area contributed by atoms with E-state index >= 15 is 0 Å². The lowest BCUT2D eigenvalue weighted by Gasteiger charge is -2.40. The van der Waals surface area contributed by atoms with Crippen molar-refractivity contribution in [2.45, 2.75) is 38.8 Å². The standard InChI is InChI=1S/C17H26N2O/c1-13-9-15-5-3-4-6-17(15)19(11-13)14(2)10-16-12-20-8-7-18-16/h3-6,13-14,16,18H,7-12H2,1-2H3. The second-order valence-electron chi connectivity index (χ2n) is 6.40. The van der Waals surface area contributed by atoms with E-state index in [-0.39, 0.29) is 0 Å². The summed E-state index contributed by atoms with van der Waals surface area (Å²) < 4.78 is 5.58. The first kappa shape index (κ1) is 13.9. The number of nitrogens with one attached hydrogen (secondary N) is 1. The van der Waals surface area contributed by atoms with Crippen LogP contribution in [0, 0.1) is 5.92 Å². The van der Waals surface area contributed by atoms with Crippen LogP contribution >= 0.6 is 0 Å². The lowest BCUT2D eigenvalue weighted by molar-refractivity contribution is 0.0721. The number of rotatable bonds is 3. The topological polar surface area (TPSA) is 24.5 Å². The first-order valence-corrected chi connectivity index (χ1v) is 7.89. The van der Waals surface area contributed by atoms with Crippen molar-refractivity contribution in [3.05, 3.63) is 29.8 Å². The van der Waals surface area contributed by atoms with Crippen molar-refractivity contribution in [2.24, 2.45) is 5.92 Å². The fraction of sp³-hybridized carbons (Fsp3) is 0.647. The molecule has 110 valence electrons. The molecule has 3 rings (SSSR count). The fourth-order valence-electron chi connectivity index (χ4n) is 3.57. The maximum atomic E-state index is 5.58. The molecule has 0 saturated carbocycles. The van der Waals surface area contributed by atoms with Gasteiger partial charge in [-0.1, -0.05) is 25.1 Å². The number of para-hydroxylation sites is 1. The molecule has 1 aromatic carbocycles. The van der Waals surface area contributed by atoms with Gasteiger partial charge in [0.2, 0.25) is 0 Å². The summed E-state index contributed by atoms with van der Waals surface area (Å²) in [6.45, 7) is 8.59. The van der Waals surface area contributed by atoms with Crippen molar-refractivity contribution in [2.75, 3.05) is 31.2 Å². The van der Waals surface area contributed by atoms with E-state index in [1.54, 1.807) is 0 Å². The number of benzene rings is 1. The summed E-state index contributed by atoms with van der Waals surface area (Å²) in [4.78, 5) is 2.60. The quantitative estimate of drug-likeness (QED) is 0.916. The summed E-state index contributed by atoms with van der Waals surface area (Å²) in [5.41, 5.74) is 2.95. The van der Waals surface area contributed by atoms with Gasteiger partial charge in [-0.05, 0) is 37.3 Å². The molecule has 3 atom stereocenters. The molecule has 0 radical (unpaired) electrons. The summed E-state index contributed by atoms with van der Waals surface area (Å²) in [5, 5.41) is 3.57. The molecule has 1 N–H and O–H groups in total. The number of hydrogen-bond donors (Lipinski definition) is 1. The van der Waals surface area contributed by atoms with E-state index in [1.807, 2.05) is 0 Å². The van der Waals surface area contributed by atoms with E-state index < -0.39 is 0 Å². The maximum absolute atomic E-state index is 5.58. The van der Waals surface area contributed by atoms with Crippen LogP contribution in [0.5, 0.6) is 0 Å². The van der Waals surface area contributed by atoms with E-state index in [9.17, 15) is 0 Å². The van der Waals surface area contributed by atoms with Gasteiger partial charge >= 0.3 is 0 Å². The number of morpholine rings is 1. The van der Waals surface area contributed by atoms with Crippen molar-refractivity contribution in [1.29, 1.82) is 0 Å². The van der Waals surface area contributed by atoms with E-state index in [4.69, 9.17) is 4.74 Å². The van der Waals surface area contributed by atoms with Gasteiger partial charge in [-0.25, -0.2) is 0 Å². The third-order valence-electron chi connectivity index (χ3n) is 4.53. The molecule has 2 heterocycles. The third-order valence-corrected chi connectivity index (χ3v) is 4.53. The predicted molar refractivity (Wildman–Crippen MR) is 83.3 cm³/mol. The Morgan fingerprint density at radius 1 is 1.40 bits per heavy atom. The van der Waals surface area contributed by atoms with Crippen LogP contribution in [0.1, 0.15) is 25.8 Å². The zero-order chi connectivity index (χ0) is 13.9. The summed E-state index contributed by atoms with van der Waals surface area (Å²) >= 11 is 0. The largest absolute Gasteiger partial charge is 0.379 e. The summed E-state index contributed by atoms with van der Waals surface area (Å²) in [7, 11) is 0. The molecule has 1 aromatic rings. The molecular formula is C17H26N2O. The first-order chi connectivity index (χ1) is 9.74. The zero-order valence-electron chi connectivity index (χ0n) is 12.6. The fourth-order valence-corrected chi connectivity index (χ4v) is 3.57. The average Bonchev–Trinajstić information content (AvgIpc) is 2.47. The van der Waals surface area contributed by atoms with Gasteiger partial charge in [0.05, 0.1) is 13.2 Å². The Morgan fingerprint density at radius 2 is 2.25 bits per heavy atom. The predicted octanol–water partition coefficient (Wildman–Crippen LogP) is 2.45. The molecule has 1 saturated heterocycles. The van der Waals surface area contributed by atoms with Crippen LogP contribution in [0.25, 0.3) is 0 Å². The van der Waals surface area contributed by atoms with Crippen LogP contribution in [-0.4, -0.2) is 38.4 Å². The van der Waals surface area contributed by atoms with Crippen molar-refractivity contribution in [3.8, 4) is 0 Å². The second-order valence-corrected chi connectivity index (χ2v) is 6.40. The van der Waals surface area contributed by atoms with E-state index in [1.165, 1.54) is 24.2 Å². The molecule has 2 aliphatic heterocycles. The van der Waals surface area contributed by atoms with Crippen molar-refractivity contribution < 1.29 is 4.74 Å². The highest BCUT2D eigenvalue weighted by Gasteiger charge is 2.27. The Hall–Kier alpha value is -1.06. The number of ether oxygens (including phenoxy) is 1. The van der Waals surface area contributed by atoms with Crippen LogP contribution < -0.4 is 10.2 Å². The monoisotopic (exact) mass is 274 g/mol. The van der Waals surface area contributed by atoms with Gasteiger partial charge in [0.15, 0.2) is 0 Å². The van der Waals surface area contributed by atoms with E-state index in [2.05, 4.69) is 48.3 Å². The van der Waals surface area contributed by atoms with Crippen LogP contribution in [0.4, 0.5) is 5.69 Å². The zero-order valence-corrected chi connectivity index (χ0v) is 12.6. The molecule has 0 aromatic heterocycles. The molecule has 2 aliphatic rings. The van der Waals surface area contributed by atoms with Crippen molar-refractivity contribution in [1.82, 2.24) is 5.32 Å². The molecule has 0 bridgehead atoms. The summed E-state index contributed by atoms with van der Waals surface area (Å²) in [6, 6.07) is 9.95. The van der Waals surface area contributed by atoms with Gasteiger partial charge in [0.1, 0.15) is 0 Å². The van der Waals surface area contributed by atoms with Gasteiger partial charge < -0.3 is 15.0 Å². The van der Waals surface area contributed by atoms with Gasteiger partial charge in [0, 0.05) is 30.9 Å².